The summed E-state index contributed by atoms with van der Waals surface area (Å²) < 4.78 is 16.5. The molecule has 0 unspecified atom stereocenters. The number of anilines is 1. The molecule has 1 aromatic heterocycles. The Morgan fingerprint density at radius 2 is 1.74 bits per heavy atom. The SMILES string of the molecule is O=C1OC2(CNCCN2c2cccc3c(-c4ccccc4)coc23)OC1=O. The van der Waals surface area contributed by atoms with Crippen molar-refractivity contribution in [2.45, 2.75) is 5.91 Å². The van der Waals surface area contributed by atoms with E-state index in [2.05, 4.69) is 5.32 Å². The van der Waals surface area contributed by atoms with Crippen molar-refractivity contribution in [2.24, 2.45) is 0 Å². The highest BCUT2D eigenvalue weighted by Gasteiger charge is 2.55. The molecule has 0 radical (unpaired) electrons. The molecule has 27 heavy (non-hydrogen) atoms. The minimum Gasteiger partial charge on any atom is -0.461 e. The monoisotopic (exact) mass is 364 g/mol. The van der Waals surface area contributed by atoms with Crippen molar-refractivity contribution in [3.8, 4) is 11.1 Å². The number of nitrogens with zero attached hydrogens (tertiary/aromatic N) is 1. The molecule has 2 fully saturated rings. The second-order valence-electron chi connectivity index (χ2n) is 6.49. The summed E-state index contributed by atoms with van der Waals surface area (Å²) in [7, 11) is 0. The molecular formula is C20H16N2O5. The van der Waals surface area contributed by atoms with Gasteiger partial charge < -0.3 is 19.2 Å². The molecule has 0 bridgehead atoms. The number of hydrogen-bond donors (Lipinski definition) is 1. The summed E-state index contributed by atoms with van der Waals surface area (Å²) in [5.41, 5.74) is 3.37. The highest BCUT2D eigenvalue weighted by atomic mass is 16.8. The van der Waals surface area contributed by atoms with Crippen LogP contribution in [0.1, 0.15) is 0 Å². The molecule has 2 saturated heterocycles. The van der Waals surface area contributed by atoms with Crippen LogP contribution in [0.15, 0.2) is 59.2 Å². The molecule has 2 aliphatic rings. The summed E-state index contributed by atoms with van der Waals surface area (Å²) in [5, 5.41) is 4.04. The van der Waals surface area contributed by atoms with Gasteiger partial charge in [0, 0.05) is 24.0 Å². The number of ether oxygens (including phenoxy) is 2. The summed E-state index contributed by atoms with van der Waals surface area (Å²) in [6.07, 6.45) is 1.71. The minimum absolute atomic E-state index is 0.188. The van der Waals surface area contributed by atoms with Gasteiger partial charge in [-0.25, -0.2) is 9.59 Å². The van der Waals surface area contributed by atoms with E-state index < -0.39 is 17.8 Å². The Morgan fingerprint density at radius 3 is 2.52 bits per heavy atom. The van der Waals surface area contributed by atoms with Crippen LogP contribution < -0.4 is 10.2 Å². The predicted molar refractivity (Wildman–Crippen MR) is 96.8 cm³/mol. The quantitative estimate of drug-likeness (QED) is 0.552. The number of benzene rings is 2. The lowest BCUT2D eigenvalue weighted by atomic mass is 10.0. The molecule has 1 N–H and O–H groups in total. The van der Waals surface area contributed by atoms with Crippen LogP contribution in [-0.2, 0) is 19.1 Å². The zero-order valence-corrected chi connectivity index (χ0v) is 14.3. The van der Waals surface area contributed by atoms with Gasteiger partial charge in [0.1, 0.15) is 0 Å². The third-order valence-corrected chi connectivity index (χ3v) is 4.90. The molecule has 2 aromatic carbocycles. The van der Waals surface area contributed by atoms with Gasteiger partial charge in [0.25, 0.3) is 0 Å². The number of carbonyl (C=O) groups excluding carboxylic acids is 2. The normalized spacial score (nSPS) is 18.7. The summed E-state index contributed by atoms with van der Waals surface area (Å²) >= 11 is 0. The summed E-state index contributed by atoms with van der Waals surface area (Å²) in [5.74, 6) is -3.46. The van der Waals surface area contributed by atoms with E-state index in [-0.39, 0.29) is 6.54 Å². The van der Waals surface area contributed by atoms with Crippen molar-refractivity contribution < 1.29 is 23.5 Å². The zero-order valence-electron chi connectivity index (χ0n) is 14.3. The van der Waals surface area contributed by atoms with Crippen LogP contribution in [0.2, 0.25) is 0 Å². The molecule has 0 saturated carbocycles. The molecule has 0 atom stereocenters. The molecule has 7 nitrogen and oxygen atoms in total. The van der Waals surface area contributed by atoms with E-state index in [1.165, 1.54) is 0 Å². The number of hydrogen-bond acceptors (Lipinski definition) is 7. The molecular weight excluding hydrogens is 348 g/mol. The first-order chi connectivity index (χ1) is 13.2. The number of rotatable bonds is 2. The Labute approximate surface area is 154 Å². The number of carbonyl (C=O) groups is 2. The zero-order chi connectivity index (χ0) is 18.4. The van der Waals surface area contributed by atoms with E-state index in [9.17, 15) is 9.59 Å². The highest BCUT2D eigenvalue weighted by Crippen LogP contribution is 2.40. The van der Waals surface area contributed by atoms with Crippen LogP contribution in [0.3, 0.4) is 0 Å². The van der Waals surface area contributed by atoms with Gasteiger partial charge in [-0.2, -0.15) is 0 Å². The standard InChI is InChI=1S/C20H16N2O5/c23-18-19(24)27-20(26-18)12-21-9-10-22(20)16-8-4-7-14-15(11-25-17(14)16)13-5-2-1-3-6-13/h1-8,11,21H,9-10,12H2. The van der Waals surface area contributed by atoms with Crippen molar-refractivity contribution in [1.29, 1.82) is 0 Å². The van der Waals surface area contributed by atoms with Crippen molar-refractivity contribution >= 4 is 28.6 Å². The second-order valence-corrected chi connectivity index (χ2v) is 6.49. The third kappa shape index (κ3) is 2.39. The number of piperazine rings is 1. The molecule has 3 aromatic rings. The Bertz CT molecular complexity index is 1030. The van der Waals surface area contributed by atoms with Crippen LogP contribution in [0.5, 0.6) is 0 Å². The fraction of sp³-hybridized carbons (Fsp3) is 0.200. The van der Waals surface area contributed by atoms with E-state index in [4.69, 9.17) is 13.9 Å². The van der Waals surface area contributed by atoms with Crippen LogP contribution in [0, 0.1) is 0 Å². The molecule has 3 heterocycles. The fourth-order valence-corrected chi connectivity index (χ4v) is 3.68. The van der Waals surface area contributed by atoms with E-state index in [0.717, 1.165) is 16.5 Å². The maximum absolute atomic E-state index is 11.7. The third-order valence-electron chi connectivity index (χ3n) is 4.90. The first-order valence-electron chi connectivity index (χ1n) is 8.68. The Morgan fingerprint density at radius 1 is 0.963 bits per heavy atom. The largest absolute Gasteiger partial charge is 0.461 e. The van der Waals surface area contributed by atoms with Crippen molar-refractivity contribution in [1.82, 2.24) is 5.32 Å². The lowest BCUT2D eigenvalue weighted by Crippen LogP contribution is -2.62. The van der Waals surface area contributed by atoms with E-state index >= 15 is 0 Å². The van der Waals surface area contributed by atoms with Crippen LogP contribution in [-0.4, -0.2) is 37.5 Å². The maximum atomic E-state index is 11.7. The molecule has 136 valence electrons. The number of esters is 2. The predicted octanol–water partition coefficient (Wildman–Crippen LogP) is 2.26. The minimum atomic E-state index is -1.49. The summed E-state index contributed by atoms with van der Waals surface area (Å²) in [6, 6.07) is 15.7. The Hall–Kier alpha value is -3.32. The molecule has 1 spiro atoms. The summed E-state index contributed by atoms with van der Waals surface area (Å²) in [6.45, 7) is 1.33. The lowest BCUT2D eigenvalue weighted by Gasteiger charge is -2.41. The lowest BCUT2D eigenvalue weighted by molar-refractivity contribution is -0.180. The van der Waals surface area contributed by atoms with Gasteiger partial charge in [-0.05, 0) is 11.6 Å². The van der Waals surface area contributed by atoms with E-state index in [1.54, 1.807) is 11.2 Å². The van der Waals surface area contributed by atoms with Gasteiger partial charge >= 0.3 is 17.8 Å². The van der Waals surface area contributed by atoms with Gasteiger partial charge in [0.05, 0.1) is 18.5 Å². The van der Waals surface area contributed by atoms with E-state index in [0.29, 0.717) is 24.4 Å². The van der Waals surface area contributed by atoms with Crippen LogP contribution >= 0.6 is 0 Å². The average Bonchev–Trinajstić information content (AvgIpc) is 3.24. The molecule has 5 rings (SSSR count). The van der Waals surface area contributed by atoms with Gasteiger partial charge in [-0.15, -0.1) is 0 Å². The van der Waals surface area contributed by atoms with E-state index in [1.807, 2.05) is 48.5 Å². The smallest absolute Gasteiger partial charge is 0.422 e. The van der Waals surface area contributed by atoms with Crippen LogP contribution in [0.4, 0.5) is 5.69 Å². The first kappa shape index (κ1) is 15.9. The number of fused-ring (bicyclic) bond motifs is 1. The Balaban J connectivity index is 1.64. The van der Waals surface area contributed by atoms with Gasteiger partial charge in [0.2, 0.25) is 0 Å². The molecule has 0 amide bonds. The van der Waals surface area contributed by atoms with Gasteiger partial charge in [-0.3, -0.25) is 4.90 Å². The molecule has 2 aliphatic heterocycles. The Kier molecular flexibility index (Phi) is 3.45. The van der Waals surface area contributed by atoms with Crippen molar-refractivity contribution in [2.75, 3.05) is 24.5 Å². The topological polar surface area (TPSA) is 81.0 Å². The first-order valence-corrected chi connectivity index (χ1v) is 8.68. The highest BCUT2D eigenvalue weighted by molar-refractivity contribution is 6.31. The molecule has 7 heteroatoms. The van der Waals surface area contributed by atoms with Crippen molar-refractivity contribution in [3.05, 3.63) is 54.8 Å². The number of para-hydroxylation sites is 1. The second kappa shape index (κ2) is 5.85. The molecule has 0 aliphatic carbocycles. The van der Waals surface area contributed by atoms with Crippen molar-refractivity contribution in [3.63, 3.8) is 0 Å². The number of nitrogens with one attached hydrogen (secondary N) is 1. The van der Waals surface area contributed by atoms with Gasteiger partial charge in [0.15, 0.2) is 5.58 Å². The number of furan rings is 1. The van der Waals surface area contributed by atoms with Gasteiger partial charge in [-0.1, -0.05) is 42.5 Å². The van der Waals surface area contributed by atoms with Crippen LogP contribution in [0.25, 0.3) is 22.1 Å². The maximum Gasteiger partial charge on any atom is 0.422 e. The summed E-state index contributed by atoms with van der Waals surface area (Å²) in [4.78, 5) is 25.2. The fourth-order valence-electron chi connectivity index (χ4n) is 3.68. The average molecular weight is 364 g/mol.